The van der Waals surface area contributed by atoms with Crippen LogP contribution in [0.1, 0.15) is 33.1 Å². The molecule has 0 aromatic heterocycles. The smallest absolute Gasteiger partial charge is 0.0543 e. The summed E-state index contributed by atoms with van der Waals surface area (Å²) in [6.07, 6.45) is 3.99. The van der Waals surface area contributed by atoms with E-state index in [2.05, 4.69) is 31.0 Å². The Balaban J connectivity index is 2.00. The van der Waals surface area contributed by atoms with Crippen molar-refractivity contribution in [2.75, 3.05) is 7.05 Å². The fourth-order valence-corrected chi connectivity index (χ4v) is 2.00. The van der Waals surface area contributed by atoms with Gasteiger partial charge in [0.25, 0.3) is 0 Å². The van der Waals surface area contributed by atoms with Crippen LogP contribution in [0.15, 0.2) is 5.10 Å². The van der Waals surface area contributed by atoms with E-state index in [1.54, 1.807) is 0 Å². The molecule has 1 aliphatic heterocycles. The van der Waals surface area contributed by atoms with Crippen molar-refractivity contribution in [1.82, 2.24) is 5.01 Å². The van der Waals surface area contributed by atoms with Gasteiger partial charge < -0.3 is 0 Å². The highest BCUT2D eigenvalue weighted by molar-refractivity contribution is 5.90. The van der Waals surface area contributed by atoms with Crippen LogP contribution in [0.5, 0.6) is 0 Å². The summed E-state index contributed by atoms with van der Waals surface area (Å²) >= 11 is 0. The van der Waals surface area contributed by atoms with Gasteiger partial charge in [-0.1, -0.05) is 13.8 Å². The normalized spacial score (nSPS) is 29.8. The average Bonchev–Trinajstić information content (AvgIpc) is 2.75. The third kappa shape index (κ3) is 1.35. The van der Waals surface area contributed by atoms with E-state index in [1.807, 2.05) is 0 Å². The molecule has 1 atom stereocenters. The van der Waals surface area contributed by atoms with Gasteiger partial charge >= 0.3 is 0 Å². The molecule has 1 aliphatic carbocycles. The Bertz CT molecular complexity index is 204. The zero-order chi connectivity index (χ0) is 8.72. The molecule has 0 aromatic carbocycles. The van der Waals surface area contributed by atoms with Gasteiger partial charge in [0.2, 0.25) is 0 Å². The summed E-state index contributed by atoms with van der Waals surface area (Å²) in [4.78, 5) is 0. The molecule has 0 spiro atoms. The van der Waals surface area contributed by atoms with Crippen molar-refractivity contribution in [2.45, 2.75) is 39.2 Å². The average molecular weight is 166 g/mol. The SMILES string of the molecule is CC(C)C1CC(C2CC2)=NN1C. The molecule has 0 bridgehead atoms. The molecule has 0 saturated heterocycles. The molecule has 0 N–H and O–H groups in total. The van der Waals surface area contributed by atoms with E-state index in [1.165, 1.54) is 25.0 Å². The summed E-state index contributed by atoms with van der Waals surface area (Å²) < 4.78 is 0. The molecule has 2 rings (SSSR count). The largest absolute Gasteiger partial charge is 0.296 e. The zero-order valence-electron chi connectivity index (χ0n) is 8.25. The third-order valence-electron chi connectivity index (χ3n) is 3.00. The van der Waals surface area contributed by atoms with Crippen molar-refractivity contribution in [3.63, 3.8) is 0 Å². The van der Waals surface area contributed by atoms with Crippen molar-refractivity contribution >= 4 is 5.71 Å². The Morgan fingerprint density at radius 2 is 2.08 bits per heavy atom. The molecule has 1 heterocycles. The van der Waals surface area contributed by atoms with Gasteiger partial charge in [0.05, 0.1) is 6.04 Å². The maximum Gasteiger partial charge on any atom is 0.0543 e. The predicted molar refractivity (Wildman–Crippen MR) is 51.2 cm³/mol. The molecule has 68 valence electrons. The van der Waals surface area contributed by atoms with Gasteiger partial charge in [-0.3, -0.25) is 5.01 Å². The summed E-state index contributed by atoms with van der Waals surface area (Å²) in [7, 11) is 2.11. The first-order valence-corrected chi connectivity index (χ1v) is 4.98. The van der Waals surface area contributed by atoms with Crippen LogP contribution in [0, 0.1) is 11.8 Å². The van der Waals surface area contributed by atoms with Crippen LogP contribution in [-0.4, -0.2) is 23.8 Å². The van der Waals surface area contributed by atoms with Crippen LogP contribution in [0.3, 0.4) is 0 Å². The number of hydrogen-bond donors (Lipinski definition) is 0. The molecular formula is C10H18N2. The van der Waals surface area contributed by atoms with Crippen molar-refractivity contribution in [2.24, 2.45) is 16.9 Å². The van der Waals surface area contributed by atoms with Crippen LogP contribution in [0.25, 0.3) is 0 Å². The molecule has 1 fully saturated rings. The first-order valence-electron chi connectivity index (χ1n) is 4.98. The lowest BCUT2D eigenvalue weighted by molar-refractivity contribution is 0.228. The first-order chi connectivity index (χ1) is 5.68. The van der Waals surface area contributed by atoms with Crippen molar-refractivity contribution < 1.29 is 0 Å². The Morgan fingerprint density at radius 1 is 1.42 bits per heavy atom. The minimum atomic E-state index is 0.667. The van der Waals surface area contributed by atoms with Crippen LogP contribution in [0.4, 0.5) is 0 Å². The number of hydrazone groups is 1. The Kier molecular flexibility index (Phi) is 1.85. The summed E-state index contributed by atoms with van der Waals surface area (Å²) in [5.41, 5.74) is 1.47. The fraction of sp³-hybridized carbons (Fsp3) is 0.900. The van der Waals surface area contributed by atoms with Crippen molar-refractivity contribution in [3.05, 3.63) is 0 Å². The van der Waals surface area contributed by atoms with Gasteiger partial charge in [-0.2, -0.15) is 5.10 Å². The maximum absolute atomic E-state index is 4.60. The van der Waals surface area contributed by atoms with Crippen LogP contribution in [-0.2, 0) is 0 Å². The Hall–Kier alpha value is -0.530. The van der Waals surface area contributed by atoms with E-state index < -0.39 is 0 Å². The number of nitrogens with zero attached hydrogens (tertiary/aromatic N) is 2. The molecule has 1 unspecified atom stereocenters. The van der Waals surface area contributed by atoms with Gasteiger partial charge in [-0.05, 0) is 24.7 Å². The minimum Gasteiger partial charge on any atom is -0.296 e. The Morgan fingerprint density at radius 3 is 2.50 bits per heavy atom. The number of hydrogen-bond acceptors (Lipinski definition) is 2. The summed E-state index contributed by atoms with van der Waals surface area (Å²) in [5, 5.41) is 6.77. The third-order valence-corrected chi connectivity index (χ3v) is 3.00. The lowest BCUT2D eigenvalue weighted by Gasteiger charge is -2.22. The van der Waals surface area contributed by atoms with Gasteiger partial charge in [0.15, 0.2) is 0 Å². The standard InChI is InChI=1S/C10H18N2/c1-7(2)10-6-9(8-4-5-8)11-12(10)3/h7-8,10H,4-6H2,1-3H3. The highest BCUT2D eigenvalue weighted by Crippen LogP contribution is 2.36. The predicted octanol–water partition coefficient (Wildman–Crippen LogP) is 2.11. The van der Waals surface area contributed by atoms with Crippen LogP contribution < -0.4 is 0 Å². The number of rotatable bonds is 2. The summed E-state index contributed by atoms with van der Waals surface area (Å²) in [5.74, 6) is 1.59. The molecule has 2 heteroatoms. The zero-order valence-corrected chi connectivity index (χ0v) is 8.25. The van der Waals surface area contributed by atoms with E-state index in [4.69, 9.17) is 0 Å². The van der Waals surface area contributed by atoms with E-state index in [0.717, 1.165) is 11.8 Å². The second kappa shape index (κ2) is 2.75. The minimum absolute atomic E-state index is 0.667. The second-order valence-electron chi connectivity index (χ2n) is 4.45. The summed E-state index contributed by atoms with van der Waals surface area (Å²) in [6.45, 7) is 4.57. The van der Waals surface area contributed by atoms with E-state index >= 15 is 0 Å². The van der Waals surface area contributed by atoms with Crippen LogP contribution in [0.2, 0.25) is 0 Å². The Labute approximate surface area is 74.6 Å². The van der Waals surface area contributed by atoms with E-state index in [-0.39, 0.29) is 0 Å². The highest BCUT2D eigenvalue weighted by Gasteiger charge is 2.35. The highest BCUT2D eigenvalue weighted by atomic mass is 15.5. The van der Waals surface area contributed by atoms with Gasteiger partial charge in [-0.25, -0.2) is 0 Å². The molecule has 0 amide bonds. The summed E-state index contributed by atoms with van der Waals surface area (Å²) in [6, 6.07) is 0.667. The molecule has 0 radical (unpaired) electrons. The fourth-order valence-electron chi connectivity index (χ4n) is 2.00. The first kappa shape index (κ1) is 8.09. The molecule has 12 heavy (non-hydrogen) atoms. The van der Waals surface area contributed by atoms with E-state index in [0.29, 0.717) is 6.04 Å². The molecule has 2 aliphatic rings. The van der Waals surface area contributed by atoms with Gasteiger partial charge in [-0.15, -0.1) is 0 Å². The van der Waals surface area contributed by atoms with Crippen molar-refractivity contribution in [3.8, 4) is 0 Å². The van der Waals surface area contributed by atoms with Gasteiger partial charge in [0.1, 0.15) is 0 Å². The monoisotopic (exact) mass is 166 g/mol. The molecule has 1 saturated carbocycles. The lowest BCUT2D eigenvalue weighted by Crippen LogP contribution is -2.27. The van der Waals surface area contributed by atoms with E-state index in [9.17, 15) is 0 Å². The maximum atomic E-state index is 4.60. The molecule has 2 nitrogen and oxygen atoms in total. The van der Waals surface area contributed by atoms with Gasteiger partial charge in [0, 0.05) is 19.2 Å². The molecular weight excluding hydrogens is 148 g/mol. The van der Waals surface area contributed by atoms with Crippen molar-refractivity contribution in [1.29, 1.82) is 0 Å². The molecule has 0 aromatic rings. The quantitative estimate of drug-likeness (QED) is 0.613. The van der Waals surface area contributed by atoms with Crippen LogP contribution >= 0.6 is 0 Å². The topological polar surface area (TPSA) is 15.6 Å². The second-order valence-corrected chi connectivity index (χ2v) is 4.45. The lowest BCUT2D eigenvalue weighted by atomic mass is 9.98.